The zero-order valence-corrected chi connectivity index (χ0v) is 30.5. The third-order valence-electron chi connectivity index (χ3n) is 7.04. The average Bonchev–Trinajstić information content (AvgIpc) is 3.03. The van der Waals surface area contributed by atoms with Gasteiger partial charge in [-0.3, -0.25) is 14.1 Å². The monoisotopic (exact) mass is 694 g/mol. The number of allylic oxidation sites excluding steroid dienone is 11. The lowest BCUT2D eigenvalue weighted by Gasteiger charge is -2.18. The van der Waals surface area contributed by atoms with Crippen LogP contribution < -0.4 is 0 Å². The van der Waals surface area contributed by atoms with E-state index in [-0.39, 0.29) is 25.9 Å². The normalized spacial score (nSPS) is 14.1. The molecule has 0 aliphatic heterocycles. The number of phosphoric acid groups is 1. The number of phosphoric ester groups is 1. The number of rotatable bonds is 30. The summed E-state index contributed by atoms with van der Waals surface area (Å²) in [6.45, 7) is 5.58. The molecule has 9 nitrogen and oxygen atoms in total. The Bertz CT molecular complexity index is 1040. The van der Waals surface area contributed by atoms with E-state index in [1.165, 1.54) is 25.7 Å². The Morgan fingerprint density at radius 2 is 1.21 bits per heavy atom. The maximum Gasteiger partial charge on any atom is 0.469 e. The molecular formula is C38H63O9P. The largest absolute Gasteiger partial charge is 0.469 e. The Morgan fingerprint density at radius 1 is 0.667 bits per heavy atom. The molecule has 0 rings (SSSR count). The van der Waals surface area contributed by atoms with Crippen molar-refractivity contribution in [3.8, 4) is 0 Å². The zero-order chi connectivity index (χ0) is 35.7. The summed E-state index contributed by atoms with van der Waals surface area (Å²) in [4.78, 5) is 42.6. The van der Waals surface area contributed by atoms with Crippen molar-refractivity contribution in [2.45, 2.75) is 136 Å². The topological polar surface area (TPSA) is 140 Å². The first-order valence-electron chi connectivity index (χ1n) is 17.7. The minimum absolute atomic E-state index is 0.0869. The van der Waals surface area contributed by atoms with Crippen LogP contribution in [0.25, 0.3) is 0 Å². The van der Waals surface area contributed by atoms with Gasteiger partial charge in [0.1, 0.15) is 6.61 Å². The van der Waals surface area contributed by atoms with Crippen LogP contribution >= 0.6 is 7.82 Å². The lowest BCUT2D eigenvalue weighted by Crippen LogP contribution is -2.29. The van der Waals surface area contributed by atoms with E-state index in [0.717, 1.165) is 57.3 Å². The van der Waals surface area contributed by atoms with E-state index in [1.54, 1.807) is 12.2 Å². The highest BCUT2D eigenvalue weighted by atomic mass is 31.2. The molecule has 0 fully saturated rings. The van der Waals surface area contributed by atoms with E-state index >= 15 is 0 Å². The molecule has 0 aromatic rings. The summed E-state index contributed by atoms with van der Waals surface area (Å²) in [5.41, 5.74) is 0. The number of unbranched alkanes of at least 4 members (excludes halogenated alkanes) is 6. The van der Waals surface area contributed by atoms with Crippen molar-refractivity contribution >= 4 is 19.8 Å². The Balaban J connectivity index is 4.30. The molecule has 48 heavy (non-hydrogen) atoms. The first-order valence-corrected chi connectivity index (χ1v) is 19.2. The molecule has 274 valence electrons. The fourth-order valence-electron chi connectivity index (χ4n) is 4.37. The Morgan fingerprint density at radius 3 is 1.77 bits per heavy atom. The van der Waals surface area contributed by atoms with Gasteiger partial charge in [-0.1, -0.05) is 139 Å². The molecule has 2 atom stereocenters. The smallest absolute Gasteiger partial charge is 0.462 e. The van der Waals surface area contributed by atoms with Crippen LogP contribution in [0.2, 0.25) is 0 Å². The van der Waals surface area contributed by atoms with Crippen LogP contribution in [0.4, 0.5) is 0 Å². The van der Waals surface area contributed by atoms with E-state index in [4.69, 9.17) is 19.3 Å². The summed E-state index contributed by atoms with van der Waals surface area (Å²) in [6.07, 6.45) is 35.5. The minimum atomic E-state index is -4.82. The van der Waals surface area contributed by atoms with Gasteiger partial charge in [0.05, 0.1) is 12.7 Å². The minimum Gasteiger partial charge on any atom is -0.462 e. The summed E-state index contributed by atoms with van der Waals surface area (Å²) in [6, 6.07) is 0. The molecule has 0 aromatic carbocycles. The van der Waals surface area contributed by atoms with Crippen LogP contribution in [-0.2, 0) is 28.2 Å². The number of carbonyl (C=O) groups is 2. The highest BCUT2D eigenvalue weighted by Gasteiger charge is 2.23. The van der Waals surface area contributed by atoms with Gasteiger partial charge in [-0.15, -0.1) is 0 Å². The average molecular weight is 695 g/mol. The molecule has 1 unspecified atom stereocenters. The van der Waals surface area contributed by atoms with E-state index in [1.807, 2.05) is 12.2 Å². The predicted molar refractivity (Wildman–Crippen MR) is 194 cm³/mol. The number of hydrogen-bond acceptors (Lipinski definition) is 7. The molecule has 10 heteroatoms. The SMILES string of the molecule is CC/C=C\C/C=C\C/C=C\C/C=C\C/C=C\C=C/C(O)CCC(=O)O[C@H](COC(=O)CCCCCCCCCC(C)C)COP(=O)(O)O. The van der Waals surface area contributed by atoms with E-state index in [9.17, 15) is 19.3 Å². The fourth-order valence-corrected chi connectivity index (χ4v) is 4.73. The number of ether oxygens (including phenoxy) is 2. The van der Waals surface area contributed by atoms with Gasteiger partial charge >= 0.3 is 19.8 Å². The van der Waals surface area contributed by atoms with Gasteiger partial charge in [-0.05, 0) is 50.9 Å². The first-order chi connectivity index (χ1) is 23.0. The number of esters is 2. The van der Waals surface area contributed by atoms with Crippen LogP contribution in [0.1, 0.15) is 124 Å². The van der Waals surface area contributed by atoms with E-state index in [0.29, 0.717) is 6.42 Å². The third kappa shape index (κ3) is 34.8. The Labute approximate surface area is 290 Å². The molecule has 0 bridgehead atoms. The summed E-state index contributed by atoms with van der Waals surface area (Å²) in [5.74, 6) is -0.440. The van der Waals surface area contributed by atoms with Gasteiger partial charge < -0.3 is 24.4 Å². The standard InChI is InChI=1S/C38H63O9P/c1-4-5-6-7-8-9-10-11-12-13-14-15-16-19-22-25-28-35(39)30-31-38(41)47-36(33-46-48(42,43)44)32-45-37(40)29-26-23-20-17-18-21-24-27-34(2)3/h5-6,8-9,11-12,14-15,19,22,25,28,34-36,39H,4,7,10,13,16-18,20-21,23-24,26-27,29-33H2,1-3H3,(H2,42,43,44)/b6-5-,9-8-,12-11-,15-14-,22-19-,28-25-/t35?,36-/m1/s1. The van der Waals surface area contributed by atoms with Crippen molar-refractivity contribution in [1.82, 2.24) is 0 Å². The highest BCUT2D eigenvalue weighted by molar-refractivity contribution is 7.46. The Hall–Kier alpha value is -2.55. The number of aliphatic hydroxyl groups excluding tert-OH is 1. The zero-order valence-electron chi connectivity index (χ0n) is 29.6. The van der Waals surface area contributed by atoms with Crippen molar-refractivity contribution in [2.75, 3.05) is 13.2 Å². The lowest BCUT2D eigenvalue weighted by atomic mass is 10.0. The van der Waals surface area contributed by atoms with Gasteiger partial charge in [0.15, 0.2) is 6.10 Å². The molecule has 0 radical (unpaired) electrons. The third-order valence-corrected chi connectivity index (χ3v) is 7.52. The van der Waals surface area contributed by atoms with Crippen LogP contribution in [0.5, 0.6) is 0 Å². The number of hydrogen-bond donors (Lipinski definition) is 3. The van der Waals surface area contributed by atoms with Crippen LogP contribution in [0.3, 0.4) is 0 Å². The predicted octanol–water partition coefficient (Wildman–Crippen LogP) is 9.17. The van der Waals surface area contributed by atoms with Crippen molar-refractivity contribution in [2.24, 2.45) is 5.92 Å². The highest BCUT2D eigenvalue weighted by Crippen LogP contribution is 2.35. The van der Waals surface area contributed by atoms with Crippen molar-refractivity contribution in [3.05, 3.63) is 72.9 Å². The molecule has 0 spiro atoms. The van der Waals surface area contributed by atoms with Crippen molar-refractivity contribution in [1.29, 1.82) is 0 Å². The lowest BCUT2D eigenvalue weighted by molar-refractivity contribution is -0.161. The Kier molecular flexibility index (Phi) is 30.0. The van der Waals surface area contributed by atoms with E-state index in [2.05, 4.69) is 73.9 Å². The molecule has 0 saturated heterocycles. The number of carbonyl (C=O) groups excluding carboxylic acids is 2. The second-order valence-electron chi connectivity index (χ2n) is 12.1. The summed E-state index contributed by atoms with van der Waals surface area (Å²) < 4.78 is 26.0. The molecule has 0 aromatic heterocycles. The molecule has 0 aliphatic rings. The van der Waals surface area contributed by atoms with Crippen LogP contribution in [0, 0.1) is 5.92 Å². The quantitative estimate of drug-likeness (QED) is 0.0221. The molecule has 0 heterocycles. The second kappa shape index (κ2) is 31.7. The van der Waals surface area contributed by atoms with Crippen molar-refractivity contribution in [3.63, 3.8) is 0 Å². The van der Waals surface area contributed by atoms with Crippen LogP contribution in [0.15, 0.2) is 72.9 Å². The van der Waals surface area contributed by atoms with Crippen LogP contribution in [-0.4, -0.2) is 52.3 Å². The van der Waals surface area contributed by atoms with Gasteiger partial charge in [0.2, 0.25) is 0 Å². The maximum atomic E-state index is 12.3. The van der Waals surface area contributed by atoms with Gasteiger partial charge in [0.25, 0.3) is 0 Å². The van der Waals surface area contributed by atoms with Gasteiger partial charge in [-0.25, -0.2) is 4.57 Å². The first kappa shape index (κ1) is 45.5. The molecule has 0 aliphatic carbocycles. The maximum absolute atomic E-state index is 12.3. The van der Waals surface area contributed by atoms with E-state index < -0.39 is 38.6 Å². The summed E-state index contributed by atoms with van der Waals surface area (Å²) in [5, 5.41) is 10.2. The summed E-state index contributed by atoms with van der Waals surface area (Å²) >= 11 is 0. The molecule has 3 N–H and O–H groups in total. The summed E-state index contributed by atoms with van der Waals surface area (Å²) in [7, 11) is -4.82. The molecule has 0 saturated carbocycles. The number of aliphatic hydroxyl groups is 1. The second-order valence-corrected chi connectivity index (χ2v) is 13.4. The fraction of sp³-hybridized carbons (Fsp3) is 0.632. The van der Waals surface area contributed by atoms with Crippen molar-refractivity contribution < 1.29 is 43.0 Å². The molecular weight excluding hydrogens is 631 g/mol. The van der Waals surface area contributed by atoms with Gasteiger partial charge in [-0.2, -0.15) is 0 Å². The van der Waals surface area contributed by atoms with Gasteiger partial charge in [0, 0.05) is 12.8 Å². The molecule has 0 amide bonds.